The molecule has 1 aromatic carbocycles. The van der Waals surface area contributed by atoms with Gasteiger partial charge in [0.1, 0.15) is 6.61 Å². The van der Waals surface area contributed by atoms with Gasteiger partial charge in [-0.25, -0.2) is 9.69 Å². The summed E-state index contributed by atoms with van der Waals surface area (Å²) in [5, 5.41) is 0. The van der Waals surface area contributed by atoms with Gasteiger partial charge in [0.15, 0.2) is 0 Å². The van der Waals surface area contributed by atoms with Crippen LogP contribution in [0.25, 0.3) is 0 Å². The highest BCUT2D eigenvalue weighted by Crippen LogP contribution is 2.28. The van der Waals surface area contributed by atoms with Crippen molar-refractivity contribution >= 4 is 12.0 Å². The molecule has 0 saturated carbocycles. The van der Waals surface area contributed by atoms with Crippen LogP contribution in [0.2, 0.25) is 0 Å². The zero-order valence-electron chi connectivity index (χ0n) is 12.0. The quantitative estimate of drug-likeness (QED) is 0.857. The third-order valence-corrected chi connectivity index (χ3v) is 3.47. The molecule has 1 saturated heterocycles. The van der Waals surface area contributed by atoms with Crippen LogP contribution in [0.15, 0.2) is 30.3 Å². The van der Waals surface area contributed by atoms with E-state index in [0.717, 1.165) is 10.5 Å². The third-order valence-electron chi connectivity index (χ3n) is 3.47. The van der Waals surface area contributed by atoms with Crippen molar-refractivity contribution in [3.8, 4) is 0 Å². The fourth-order valence-corrected chi connectivity index (χ4v) is 2.44. The third kappa shape index (κ3) is 3.99. The lowest BCUT2D eigenvalue weighted by Gasteiger charge is -2.23. The summed E-state index contributed by atoms with van der Waals surface area (Å²) in [6.45, 7) is 1.17. The van der Waals surface area contributed by atoms with Gasteiger partial charge in [0.2, 0.25) is 5.91 Å². The summed E-state index contributed by atoms with van der Waals surface area (Å²) in [6, 6.07) is 8.53. The van der Waals surface area contributed by atoms with Crippen molar-refractivity contribution in [2.24, 2.45) is 5.92 Å². The molecule has 1 aliphatic rings. The Kier molecular flexibility index (Phi) is 4.73. The van der Waals surface area contributed by atoms with Crippen LogP contribution in [0.4, 0.5) is 18.0 Å². The predicted octanol–water partition coefficient (Wildman–Crippen LogP) is 3.17. The molecule has 2 rings (SSSR count). The second-order valence-electron chi connectivity index (χ2n) is 5.35. The monoisotopic (exact) mass is 315 g/mol. The van der Waals surface area contributed by atoms with E-state index in [1.807, 2.05) is 30.3 Å². The Hall–Kier alpha value is -2.05. The van der Waals surface area contributed by atoms with Crippen LogP contribution < -0.4 is 0 Å². The van der Waals surface area contributed by atoms with Crippen LogP contribution >= 0.6 is 0 Å². The van der Waals surface area contributed by atoms with Gasteiger partial charge in [0.25, 0.3) is 0 Å². The molecule has 4 nitrogen and oxygen atoms in total. The molecule has 0 aliphatic carbocycles. The van der Waals surface area contributed by atoms with Crippen molar-refractivity contribution < 1.29 is 27.5 Å². The maximum atomic E-state index is 12.4. The molecular formula is C15H16F3NO3. The fourth-order valence-electron chi connectivity index (χ4n) is 2.44. The number of cyclic esters (lactones) is 1. The molecule has 2 amide bonds. The van der Waals surface area contributed by atoms with Crippen molar-refractivity contribution in [2.75, 3.05) is 6.61 Å². The van der Waals surface area contributed by atoms with Gasteiger partial charge < -0.3 is 4.74 Å². The van der Waals surface area contributed by atoms with E-state index >= 15 is 0 Å². The molecule has 0 radical (unpaired) electrons. The summed E-state index contributed by atoms with van der Waals surface area (Å²) in [7, 11) is 0. The molecule has 0 N–H and O–H groups in total. The smallest absolute Gasteiger partial charge is 0.416 e. The van der Waals surface area contributed by atoms with Gasteiger partial charge >= 0.3 is 12.3 Å². The van der Waals surface area contributed by atoms with E-state index in [4.69, 9.17) is 4.74 Å². The van der Waals surface area contributed by atoms with Crippen molar-refractivity contribution in [2.45, 2.75) is 32.0 Å². The number of carbonyl (C=O) groups is 2. The van der Waals surface area contributed by atoms with Crippen molar-refractivity contribution in [1.29, 1.82) is 0 Å². The first-order valence-electron chi connectivity index (χ1n) is 6.88. The van der Waals surface area contributed by atoms with E-state index < -0.39 is 36.6 Å². The Balaban J connectivity index is 2.09. The number of amides is 2. The Labute approximate surface area is 125 Å². The van der Waals surface area contributed by atoms with Gasteiger partial charge in [0, 0.05) is 5.92 Å². The van der Waals surface area contributed by atoms with E-state index in [2.05, 4.69) is 0 Å². The second-order valence-corrected chi connectivity index (χ2v) is 5.35. The van der Waals surface area contributed by atoms with Crippen LogP contribution in [0.3, 0.4) is 0 Å². The largest absolute Gasteiger partial charge is 0.447 e. The average Bonchev–Trinajstić information content (AvgIpc) is 2.78. The lowest BCUT2D eigenvalue weighted by molar-refractivity contribution is -0.157. The number of ether oxygens (including phenoxy) is 1. The highest BCUT2D eigenvalue weighted by Gasteiger charge is 2.42. The van der Waals surface area contributed by atoms with Crippen LogP contribution in [0, 0.1) is 5.92 Å². The Bertz CT molecular complexity index is 545. The van der Waals surface area contributed by atoms with Crippen LogP contribution in [-0.4, -0.2) is 35.7 Å². The number of imide groups is 1. The molecule has 0 aromatic heterocycles. The average molecular weight is 315 g/mol. The van der Waals surface area contributed by atoms with Crippen molar-refractivity contribution in [3.05, 3.63) is 35.9 Å². The zero-order valence-corrected chi connectivity index (χ0v) is 12.0. The van der Waals surface area contributed by atoms with Gasteiger partial charge in [-0.1, -0.05) is 37.3 Å². The molecular weight excluding hydrogens is 299 g/mol. The molecule has 2 atom stereocenters. The van der Waals surface area contributed by atoms with Gasteiger partial charge in [-0.2, -0.15) is 13.2 Å². The number of benzene rings is 1. The zero-order chi connectivity index (χ0) is 16.3. The van der Waals surface area contributed by atoms with Crippen molar-refractivity contribution in [1.82, 2.24) is 4.90 Å². The first kappa shape index (κ1) is 16.3. The second kappa shape index (κ2) is 6.37. The fraction of sp³-hybridized carbons (Fsp3) is 0.467. The van der Waals surface area contributed by atoms with Crippen LogP contribution in [0.1, 0.15) is 18.9 Å². The summed E-state index contributed by atoms with van der Waals surface area (Å²) >= 11 is 0. The normalized spacial score (nSPS) is 19.9. The summed E-state index contributed by atoms with van der Waals surface area (Å²) in [5.41, 5.74) is 0.882. The highest BCUT2D eigenvalue weighted by atomic mass is 19.4. The Morgan fingerprint density at radius 1 is 1.36 bits per heavy atom. The van der Waals surface area contributed by atoms with E-state index in [0.29, 0.717) is 6.42 Å². The molecule has 0 bridgehead atoms. The number of rotatable bonds is 4. The van der Waals surface area contributed by atoms with Crippen LogP contribution in [0.5, 0.6) is 0 Å². The number of halogens is 3. The maximum absolute atomic E-state index is 12.4. The molecule has 1 aliphatic heterocycles. The highest BCUT2D eigenvalue weighted by molar-refractivity contribution is 5.94. The SMILES string of the molecule is CC(CC(F)(F)F)C(=O)N1C(=O)OCC1Cc1ccccc1. The number of hydrogen-bond donors (Lipinski definition) is 0. The summed E-state index contributed by atoms with van der Waals surface area (Å²) in [6.07, 6.45) is -6.22. The van der Waals surface area contributed by atoms with E-state index in [9.17, 15) is 22.8 Å². The molecule has 2 unspecified atom stereocenters. The lowest BCUT2D eigenvalue weighted by atomic mass is 10.0. The summed E-state index contributed by atoms with van der Waals surface area (Å²) < 4.78 is 42.1. The maximum Gasteiger partial charge on any atom is 0.416 e. The minimum atomic E-state index is -4.45. The van der Waals surface area contributed by atoms with Crippen molar-refractivity contribution in [3.63, 3.8) is 0 Å². The molecule has 0 spiro atoms. The Morgan fingerprint density at radius 2 is 2.00 bits per heavy atom. The standard InChI is InChI=1S/C15H16F3NO3/c1-10(8-15(16,17)18)13(20)19-12(9-22-14(19)21)7-11-5-3-2-4-6-11/h2-6,10,12H,7-9H2,1H3. The molecule has 1 aromatic rings. The molecule has 1 fully saturated rings. The minimum absolute atomic E-state index is 0.00178. The topological polar surface area (TPSA) is 46.6 Å². The Morgan fingerprint density at radius 3 is 2.59 bits per heavy atom. The van der Waals surface area contributed by atoms with E-state index in [1.54, 1.807) is 0 Å². The van der Waals surface area contributed by atoms with E-state index in [-0.39, 0.29) is 6.61 Å². The number of alkyl halides is 3. The minimum Gasteiger partial charge on any atom is -0.447 e. The molecule has 22 heavy (non-hydrogen) atoms. The summed E-state index contributed by atoms with van der Waals surface area (Å²) in [5.74, 6) is -2.16. The predicted molar refractivity (Wildman–Crippen MR) is 72.0 cm³/mol. The van der Waals surface area contributed by atoms with Gasteiger partial charge in [0.05, 0.1) is 12.5 Å². The molecule has 7 heteroatoms. The van der Waals surface area contributed by atoms with E-state index in [1.165, 1.54) is 6.92 Å². The molecule has 1 heterocycles. The number of hydrogen-bond acceptors (Lipinski definition) is 3. The lowest BCUT2D eigenvalue weighted by Crippen LogP contribution is -2.43. The van der Waals surface area contributed by atoms with Gasteiger partial charge in [-0.15, -0.1) is 0 Å². The summed E-state index contributed by atoms with van der Waals surface area (Å²) in [4.78, 5) is 24.7. The first-order valence-corrected chi connectivity index (χ1v) is 6.88. The van der Waals surface area contributed by atoms with Gasteiger partial charge in [-0.05, 0) is 12.0 Å². The van der Waals surface area contributed by atoms with Crippen LogP contribution in [-0.2, 0) is 16.0 Å². The number of carbonyl (C=O) groups excluding carboxylic acids is 2. The first-order chi connectivity index (χ1) is 10.3. The molecule has 120 valence electrons. The van der Waals surface area contributed by atoms with Gasteiger partial charge in [-0.3, -0.25) is 4.79 Å². The number of nitrogens with zero attached hydrogens (tertiary/aromatic N) is 1.